The number of nitrogens with two attached hydrogens (primary N) is 1. The van der Waals surface area contributed by atoms with Crippen LogP contribution in [0, 0.1) is 12.3 Å². The van der Waals surface area contributed by atoms with Crippen molar-refractivity contribution in [1.82, 2.24) is 15.3 Å². The largest absolute Gasteiger partial charge is 0.490 e. The Labute approximate surface area is 274 Å². The van der Waals surface area contributed by atoms with Crippen molar-refractivity contribution in [2.45, 2.75) is 61.9 Å². The van der Waals surface area contributed by atoms with Crippen LogP contribution in [0.2, 0.25) is 0 Å². The van der Waals surface area contributed by atoms with Crippen LogP contribution in [0.25, 0.3) is 10.9 Å². The molecular weight excluding hydrogens is 692 g/mol. The van der Waals surface area contributed by atoms with E-state index in [9.17, 15) is 39.6 Å². The Bertz CT molecular complexity index is 1760. The molecular formula is C28H31F6N7O7S. The summed E-state index contributed by atoms with van der Waals surface area (Å²) in [6, 6.07) is 11.5. The number of aliphatic carboxylic acids is 2. The quantitative estimate of drug-likeness (QED) is 0.108. The molecule has 1 aliphatic carbocycles. The number of hydrogen-bond donors (Lipinski definition) is 7. The zero-order chi connectivity index (χ0) is 37.3. The van der Waals surface area contributed by atoms with Gasteiger partial charge >= 0.3 is 24.3 Å². The summed E-state index contributed by atoms with van der Waals surface area (Å²) in [5.41, 5.74) is 7.60. The first kappa shape index (κ1) is 40.0. The Balaban J connectivity index is 0.000000500. The van der Waals surface area contributed by atoms with E-state index in [1.807, 2.05) is 25.1 Å². The number of rotatable bonds is 6. The molecule has 1 fully saturated rings. The van der Waals surface area contributed by atoms with Crippen LogP contribution in [-0.2, 0) is 19.4 Å². The van der Waals surface area contributed by atoms with E-state index in [0.29, 0.717) is 11.3 Å². The molecule has 3 aromatic rings. The molecule has 49 heavy (non-hydrogen) atoms. The number of fused-ring (bicyclic) bond motifs is 1. The van der Waals surface area contributed by atoms with Gasteiger partial charge in [-0.1, -0.05) is 24.5 Å². The summed E-state index contributed by atoms with van der Waals surface area (Å²) in [6.07, 6.45) is -5.19. The van der Waals surface area contributed by atoms with Gasteiger partial charge in [-0.3, -0.25) is 15.5 Å². The average Bonchev–Trinajstić information content (AvgIpc) is 2.97. The molecule has 14 nitrogen and oxygen atoms in total. The highest BCUT2D eigenvalue weighted by Crippen LogP contribution is 2.28. The SMILES string of the molecule is Cc1ccc2nc(NC(=O)c3ccc(S(C)(=O)=O)cc3)nc(NC3CCCCC3NC(=N)N)c2c1.O=C(O)C(F)(F)F.O=C(O)C(F)(F)F. The number of carboxylic acid groups (broad SMARTS) is 2. The number of alkyl halides is 6. The van der Waals surface area contributed by atoms with Gasteiger partial charge in [0.25, 0.3) is 5.91 Å². The number of sulfone groups is 1. The molecule has 0 spiro atoms. The number of guanidine groups is 1. The van der Waals surface area contributed by atoms with E-state index in [-0.39, 0.29) is 34.5 Å². The zero-order valence-corrected chi connectivity index (χ0v) is 26.4. The van der Waals surface area contributed by atoms with Gasteiger partial charge < -0.3 is 26.6 Å². The van der Waals surface area contributed by atoms with Crippen molar-refractivity contribution in [1.29, 1.82) is 5.41 Å². The van der Waals surface area contributed by atoms with E-state index in [4.69, 9.17) is 30.9 Å². The normalized spacial score (nSPS) is 16.2. The standard InChI is InChI=1S/C24H29N7O3S.2C2HF3O2/c1-14-7-12-18-17(13-14)21(27-19-5-3-4-6-20(19)28-23(25)26)30-24(29-18)31-22(32)15-8-10-16(11-9-15)35(2,33)34;2*3-2(4,5)1(6)7/h7-13,19-20H,3-6H2,1-2H3,(H4,25,26,28)(H2,27,29,30,31,32);2*(H,6,7). The maximum atomic E-state index is 12.8. The first-order valence-corrected chi connectivity index (χ1v) is 15.8. The van der Waals surface area contributed by atoms with Gasteiger partial charge in [0.05, 0.1) is 10.4 Å². The van der Waals surface area contributed by atoms with Crippen LogP contribution in [0.4, 0.5) is 38.1 Å². The lowest BCUT2D eigenvalue weighted by molar-refractivity contribution is -0.193. The number of carbonyl (C=O) groups is 3. The van der Waals surface area contributed by atoms with Gasteiger partial charge in [0.15, 0.2) is 15.8 Å². The van der Waals surface area contributed by atoms with Gasteiger partial charge in [-0.2, -0.15) is 31.3 Å². The molecule has 0 aliphatic heterocycles. The lowest BCUT2D eigenvalue weighted by Crippen LogP contribution is -2.50. The van der Waals surface area contributed by atoms with Crippen molar-refractivity contribution >= 4 is 56.3 Å². The minimum absolute atomic E-state index is 0.00153. The molecule has 2 aromatic carbocycles. The number of benzene rings is 2. The van der Waals surface area contributed by atoms with E-state index in [1.54, 1.807) is 0 Å². The van der Waals surface area contributed by atoms with Crippen LogP contribution >= 0.6 is 0 Å². The molecule has 4 rings (SSSR count). The fraction of sp³-hybridized carbons (Fsp3) is 0.357. The number of amides is 1. The van der Waals surface area contributed by atoms with Gasteiger partial charge in [0.2, 0.25) is 5.95 Å². The predicted molar refractivity (Wildman–Crippen MR) is 164 cm³/mol. The highest BCUT2D eigenvalue weighted by atomic mass is 32.2. The van der Waals surface area contributed by atoms with Crippen LogP contribution in [0.1, 0.15) is 41.6 Å². The number of carboxylic acids is 2. The monoisotopic (exact) mass is 723 g/mol. The maximum absolute atomic E-state index is 12.8. The number of halogens is 6. The van der Waals surface area contributed by atoms with E-state index in [0.717, 1.165) is 42.9 Å². The molecule has 1 saturated carbocycles. The molecule has 1 aliphatic rings. The molecule has 0 bridgehead atoms. The third-order valence-electron chi connectivity index (χ3n) is 6.54. The summed E-state index contributed by atoms with van der Waals surface area (Å²) in [5, 5.41) is 32.0. The molecule has 1 aromatic heterocycles. The van der Waals surface area contributed by atoms with Gasteiger partial charge in [0.1, 0.15) is 5.82 Å². The summed E-state index contributed by atoms with van der Waals surface area (Å²) in [7, 11) is -3.35. The van der Waals surface area contributed by atoms with Crippen molar-refractivity contribution in [3.05, 3.63) is 53.6 Å². The molecule has 0 radical (unpaired) electrons. The minimum atomic E-state index is -5.08. The summed E-state index contributed by atoms with van der Waals surface area (Å²) in [5.74, 6) is -5.31. The van der Waals surface area contributed by atoms with E-state index in [1.165, 1.54) is 24.3 Å². The van der Waals surface area contributed by atoms with Gasteiger partial charge in [-0.15, -0.1) is 0 Å². The number of anilines is 2. The Morgan fingerprint density at radius 3 is 1.88 bits per heavy atom. The van der Waals surface area contributed by atoms with E-state index < -0.39 is 40.0 Å². The number of nitrogens with zero attached hydrogens (tertiary/aromatic N) is 2. The third-order valence-corrected chi connectivity index (χ3v) is 7.66. The van der Waals surface area contributed by atoms with Crippen LogP contribution in [0.3, 0.4) is 0 Å². The number of nitrogens with one attached hydrogen (secondary N) is 4. The summed E-state index contributed by atoms with van der Waals surface area (Å²) in [6.45, 7) is 1.99. The molecule has 268 valence electrons. The Hall–Kier alpha value is -5.21. The molecule has 1 heterocycles. The summed E-state index contributed by atoms with van der Waals surface area (Å²) >= 11 is 0. The van der Waals surface area contributed by atoms with Crippen molar-refractivity contribution in [3.63, 3.8) is 0 Å². The Morgan fingerprint density at radius 2 is 1.41 bits per heavy atom. The van der Waals surface area contributed by atoms with Crippen LogP contribution in [-0.4, -0.2) is 83.1 Å². The lowest BCUT2D eigenvalue weighted by atomic mass is 9.90. The fourth-order valence-corrected chi connectivity index (χ4v) is 4.92. The molecule has 1 amide bonds. The second-order valence-electron chi connectivity index (χ2n) is 10.5. The minimum Gasteiger partial charge on any atom is -0.475 e. The molecule has 8 N–H and O–H groups in total. The number of carbonyl (C=O) groups excluding carboxylic acids is 1. The van der Waals surface area contributed by atoms with Gasteiger partial charge in [0, 0.05) is 29.3 Å². The number of hydrogen-bond acceptors (Lipinski definition) is 9. The van der Waals surface area contributed by atoms with Crippen molar-refractivity contribution in [3.8, 4) is 0 Å². The summed E-state index contributed by atoms with van der Waals surface area (Å²) < 4.78 is 86.8. The molecule has 2 atom stereocenters. The average molecular weight is 724 g/mol. The molecule has 21 heteroatoms. The van der Waals surface area contributed by atoms with Crippen molar-refractivity contribution in [2.24, 2.45) is 5.73 Å². The van der Waals surface area contributed by atoms with Crippen molar-refractivity contribution in [2.75, 3.05) is 16.9 Å². The van der Waals surface area contributed by atoms with Crippen LogP contribution in [0.5, 0.6) is 0 Å². The predicted octanol–water partition coefficient (Wildman–Crippen LogP) is 4.07. The van der Waals surface area contributed by atoms with E-state index in [2.05, 4.69) is 25.9 Å². The second kappa shape index (κ2) is 16.3. The van der Waals surface area contributed by atoms with Crippen molar-refractivity contribution < 1.29 is 59.4 Å². The highest BCUT2D eigenvalue weighted by molar-refractivity contribution is 7.90. The third kappa shape index (κ3) is 12.7. The lowest BCUT2D eigenvalue weighted by Gasteiger charge is -2.33. The van der Waals surface area contributed by atoms with E-state index >= 15 is 0 Å². The number of aromatic nitrogens is 2. The fourth-order valence-electron chi connectivity index (χ4n) is 4.29. The molecule has 0 saturated heterocycles. The first-order chi connectivity index (χ1) is 22.5. The molecule has 2 unspecified atom stereocenters. The topological polar surface area (TPSA) is 238 Å². The maximum Gasteiger partial charge on any atom is 0.490 e. The number of aryl methyl sites for hydroxylation is 1. The zero-order valence-electron chi connectivity index (χ0n) is 25.6. The van der Waals surface area contributed by atoms with Gasteiger partial charge in [-0.05, 0) is 56.2 Å². The van der Waals surface area contributed by atoms with Crippen LogP contribution < -0.4 is 21.7 Å². The first-order valence-electron chi connectivity index (χ1n) is 13.9. The smallest absolute Gasteiger partial charge is 0.475 e. The van der Waals surface area contributed by atoms with Gasteiger partial charge in [-0.25, -0.2) is 23.0 Å². The Morgan fingerprint density at radius 1 is 0.898 bits per heavy atom. The van der Waals surface area contributed by atoms with Crippen LogP contribution in [0.15, 0.2) is 47.4 Å². The highest BCUT2D eigenvalue weighted by Gasteiger charge is 2.39. The Kier molecular flexibility index (Phi) is 13.3. The second-order valence-corrected chi connectivity index (χ2v) is 12.5. The summed E-state index contributed by atoms with van der Waals surface area (Å²) in [4.78, 5) is 39.9.